The summed E-state index contributed by atoms with van der Waals surface area (Å²) in [5.74, 6) is 0. The summed E-state index contributed by atoms with van der Waals surface area (Å²) >= 11 is 6.27. The van der Waals surface area contributed by atoms with Gasteiger partial charge in [0.15, 0.2) is 0 Å². The minimum atomic E-state index is 0.311. The van der Waals surface area contributed by atoms with E-state index in [-0.39, 0.29) is 0 Å². The third-order valence-electron chi connectivity index (χ3n) is 4.15. The number of rotatable bonds is 3. The molecule has 1 aliphatic heterocycles. The van der Waals surface area contributed by atoms with Crippen molar-refractivity contribution in [2.45, 2.75) is 19.0 Å². The fourth-order valence-corrected chi connectivity index (χ4v) is 2.98. The number of benzene rings is 1. The van der Waals surface area contributed by atoms with Crippen molar-refractivity contribution in [2.75, 3.05) is 40.8 Å². The number of hydrogen-bond donors (Lipinski definition) is 1. The van der Waals surface area contributed by atoms with Crippen molar-refractivity contribution in [1.82, 2.24) is 15.1 Å². The Bertz CT molecular complexity index is 435. The summed E-state index contributed by atoms with van der Waals surface area (Å²) < 4.78 is 0. The van der Waals surface area contributed by atoms with Crippen LogP contribution in [-0.2, 0) is 0 Å². The first-order valence-electron chi connectivity index (χ1n) is 6.85. The fourth-order valence-electron chi connectivity index (χ4n) is 2.79. The van der Waals surface area contributed by atoms with E-state index in [1.807, 2.05) is 14.0 Å². The largest absolute Gasteiger partial charge is 0.312 e. The highest BCUT2D eigenvalue weighted by atomic mass is 35.5. The van der Waals surface area contributed by atoms with Crippen LogP contribution in [0.5, 0.6) is 0 Å². The predicted molar refractivity (Wildman–Crippen MR) is 81.9 cm³/mol. The Morgan fingerprint density at radius 3 is 2.68 bits per heavy atom. The first kappa shape index (κ1) is 14.8. The maximum Gasteiger partial charge on any atom is 0.0488 e. The van der Waals surface area contributed by atoms with Gasteiger partial charge in [-0.15, -0.1) is 0 Å². The Hall–Kier alpha value is -0.610. The molecule has 106 valence electrons. The average Bonchev–Trinajstić information content (AvgIpc) is 2.38. The van der Waals surface area contributed by atoms with Crippen LogP contribution in [0.4, 0.5) is 0 Å². The zero-order chi connectivity index (χ0) is 14.0. The number of likely N-dealkylation sites (N-methyl/N-ethyl adjacent to an activating group) is 3. The normalized spacial score (nSPS) is 23.5. The standard InChI is InChI=1S/C15H24ClN3/c1-11-5-6-12(9-13(11)16)15(17-2)14-10-18(3)7-8-19(14)4/h5-6,9,14-15,17H,7-8,10H2,1-4H3. The summed E-state index contributed by atoms with van der Waals surface area (Å²) in [5.41, 5.74) is 2.40. The van der Waals surface area contributed by atoms with Crippen molar-refractivity contribution in [1.29, 1.82) is 0 Å². The first-order valence-corrected chi connectivity index (χ1v) is 7.23. The molecule has 2 unspecified atom stereocenters. The van der Waals surface area contributed by atoms with Crippen molar-refractivity contribution in [3.8, 4) is 0 Å². The number of nitrogens with one attached hydrogen (secondary N) is 1. The van der Waals surface area contributed by atoms with E-state index in [2.05, 4.69) is 47.4 Å². The minimum absolute atomic E-state index is 0.311. The molecule has 1 aliphatic rings. The zero-order valence-corrected chi connectivity index (χ0v) is 13.0. The molecule has 4 heteroatoms. The lowest BCUT2D eigenvalue weighted by Gasteiger charge is -2.42. The second-order valence-electron chi connectivity index (χ2n) is 5.59. The van der Waals surface area contributed by atoms with E-state index in [9.17, 15) is 0 Å². The highest BCUT2D eigenvalue weighted by Gasteiger charge is 2.30. The van der Waals surface area contributed by atoms with Crippen molar-refractivity contribution >= 4 is 11.6 Å². The molecule has 2 rings (SSSR count). The second-order valence-corrected chi connectivity index (χ2v) is 5.99. The van der Waals surface area contributed by atoms with Gasteiger partial charge in [0.05, 0.1) is 0 Å². The molecular formula is C15H24ClN3. The van der Waals surface area contributed by atoms with Crippen molar-refractivity contribution in [3.63, 3.8) is 0 Å². The maximum absolute atomic E-state index is 6.27. The quantitative estimate of drug-likeness (QED) is 0.916. The van der Waals surface area contributed by atoms with E-state index < -0.39 is 0 Å². The molecule has 1 aromatic rings. The fraction of sp³-hybridized carbons (Fsp3) is 0.600. The summed E-state index contributed by atoms with van der Waals surface area (Å²) in [7, 11) is 6.42. The summed E-state index contributed by atoms with van der Waals surface area (Å²) in [6.07, 6.45) is 0. The number of halogens is 1. The van der Waals surface area contributed by atoms with Gasteiger partial charge in [0.25, 0.3) is 0 Å². The SMILES string of the molecule is CNC(c1ccc(C)c(Cl)c1)C1CN(C)CCN1C. The van der Waals surface area contributed by atoms with Crippen LogP contribution in [0.3, 0.4) is 0 Å². The molecule has 3 nitrogen and oxygen atoms in total. The second kappa shape index (κ2) is 6.23. The van der Waals surface area contributed by atoms with E-state index in [4.69, 9.17) is 11.6 Å². The van der Waals surface area contributed by atoms with E-state index in [0.717, 1.165) is 30.2 Å². The topological polar surface area (TPSA) is 18.5 Å². The zero-order valence-electron chi connectivity index (χ0n) is 12.3. The van der Waals surface area contributed by atoms with Gasteiger partial charge in [-0.2, -0.15) is 0 Å². The monoisotopic (exact) mass is 281 g/mol. The molecule has 1 fully saturated rings. The Labute approximate surface area is 121 Å². The average molecular weight is 282 g/mol. The molecule has 0 saturated carbocycles. The highest BCUT2D eigenvalue weighted by Crippen LogP contribution is 2.26. The van der Waals surface area contributed by atoms with Crippen molar-refractivity contribution in [3.05, 3.63) is 34.3 Å². The third kappa shape index (κ3) is 3.29. The number of hydrogen-bond acceptors (Lipinski definition) is 3. The molecule has 0 aromatic heterocycles. The molecule has 0 spiro atoms. The summed E-state index contributed by atoms with van der Waals surface area (Å²) in [4.78, 5) is 4.83. The van der Waals surface area contributed by atoms with Gasteiger partial charge in [-0.3, -0.25) is 4.90 Å². The van der Waals surface area contributed by atoms with Gasteiger partial charge in [-0.25, -0.2) is 0 Å². The van der Waals surface area contributed by atoms with Gasteiger partial charge in [0.2, 0.25) is 0 Å². The van der Waals surface area contributed by atoms with Gasteiger partial charge in [-0.1, -0.05) is 23.7 Å². The molecule has 1 saturated heterocycles. The first-order chi connectivity index (χ1) is 9.02. The summed E-state index contributed by atoms with van der Waals surface area (Å²) in [6, 6.07) is 7.17. The molecule has 2 atom stereocenters. The van der Waals surface area contributed by atoms with Crippen LogP contribution < -0.4 is 5.32 Å². The van der Waals surface area contributed by atoms with Gasteiger partial charge in [0, 0.05) is 36.7 Å². The Morgan fingerprint density at radius 1 is 1.32 bits per heavy atom. The van der Waals surface area contributed by atoms with Crippen LogP contribution in [0.1, 0.15) is 17.2 Å². The Balaban J connectivity index is 2.25. The summed E-state index contributed by atoms with van der Waals surface area (Å²) in [5, 5.41) is 4.31. The lowest BCUT2D eigenvalue weighted by atomic mass is 9.95. The third-order valence-corrected chi connectivity index (χ3v) is 4.56. The van der Waals surface area contributed by atoms with Gasteiger partial charge in [-0.05, 0) is 45.3 Å². The molecular weight excluding hydrogens is 258 g/mol. The van der Waals surface area contributed by atoms with E-state index in [0.29, 0.717) is 12.1 Å². The molecule has 0 bridgehead atoms. The van der Waals surface area contributed by atoms with Crippen LogP contribution in [-0.4, -0.2) is 56.6 Å². The predicted octanol–water partition coefficient (Wildman–Crippen LogP) is 2.15. The van der Waals surface area contributed by atoms with Crippen molar-refractivity contribution < 1.29 is 0 Å². The molecule has 1 heterocycles. The van der Waals surface area contributed by atoms with Crippen LogP contribution in [0, 0.1) is 6.92 Å². The number of nitrogens with zero attached hydrogens (tertiary/aromatic N) is 2. The van der Waals surface area contributed by atoms with Crippen LogP contribution >= 0.6 is 11.6 Å². The van der Waals surface area contributed by atoms with E-state index in [1.165, 1.54) is 5.56 Å². The molecule has 0 aliphatic carbocycles. The van der Waals surface area contributed by atoms with Crippen LogP contribution in [0.2, 0.25) is 5.02 Å². The van der Waals surface area contributed by atoms with E-state index in [1.54, 1.807) is 0 Å². The van der Waals surface area contributed by atoms with Crippen molar-refractivity contribution in [2.24, 2.45) is 0 Å². The number of aryl methyl sites for hydroxylation is 1. The van der Waals surface area contributed by atoms with E-state index >= 15 is 0 Å². The Kier molecular flexibility index (Phi) is 4.85. The summed E-state index contributed by atoms with van der Waals surface area (Å²) in [6.45, 7) is 5.37. The lowest BCUT2D eigenvalue weighted by molar-refractivity contribution is 0.0897. The molecule has 0 amide bonds. The van der Waals surface area contributed by atoms with Gasteiger partial charge < -0.3 is 10.2 Å². The lowest BCUT2D eigenvalue weighted by Crippen LogP contribution is -2.54. The Morgan fingerprint density at radius 2 is 2.05 bits per heavy atom. The molecule has 19 heavy (non-hydrogen) atoms. The van der Waals surface area contributed by atoms with Gasteiger partial charge in [0.1, 0.15) is 0 Å². The number of piperazine rings is 1. The minimum Gasteiger partial charge on any atom is -0.312 e. The maximum atomic E-state index is 6.27. The smallest absolute Gasteiger partial charge is 0.0488 e. The molecule has 1 N–H and O–H groups in total. The van der Waals surface area contributed by atoms with Crippen LogP contribution in [0.15, 0.2) is 18.2 Å². The molecule has 0 radical (unpaired) electrons. The van der Waals surface area contributed by atoms with Gasteiger partial charge >= 0.3 is 0 Å². The molecule has 1 aromatic carbocycles. The van der Waals surface area contributed by atoms with Crippen LogP contribution in [0.25, 0.3) is 0 Å². The highest BCUT2D eigenvalue weighted by molar-refractivity contribution is 6.31.